The van der Waals surface area contributed by atoms with Crippen LogP contribution in [-0.2, 0) is 20.8 Å². The molecule has 1 amide bonds. The van der Waals surface area contributed by atoms with E-state index in [1.165, 1.54) is 29.9 Å². The van der Waals surface area contributed by atoms with Gasteiger partial charge in [0, 0.05) is 31.8 Å². The molecule has 0 radical (unpaired) electrons. The van der Waals surface area contributed by atoms with Crippen LogP contribution in [0.25, 0.3) is 10.9 Å². The molecular formula is C18H19F3N2O5. The van der Waals surface area contributed by atoms with Crippen molar-refractivity contribution in [2.24, 2.45) is 0 Å². The molecule has 0 aliphatic rings. The van der Waals surface area contributed by atoms with Gasteiger partial charge in [0.05, 0.1) is 23.8 Å². The van der Waals surface area contributed by atoms with Gasteiger partial charge in [-0.05, 0) is 18.6 Å². The quantitative estimate of drug-likeness (QED) is 0.418. The SMILES string of the molecule is COCCCNC(=O)Cn1cc(C(=O)C(F)(F)F)c2ccc(C(=O)OC)cc21. The number of nitrogens with zero attached hydrogens (tertiary/aromatic N) is 1. The Balaban J connectivity index is 2.40. The Labute approximate surface area is 158 Å². The average Bonchev–Trinajstić information content (AvgIpc) is 3.00. The minimum absolute atomic E-state index is 0.0119. The van der Waals surface area contributed by atoms with Gasteiger partial charge >= 0.3 is 12.1 Å². The minimum Gasteiger partial charge on any atom is -0.465 e. The van der Waals surface area contributed by atoms with Crippen LogP contribution in [0, 0.1) is 0 Å². The van der Waals surface area contributed by atoms with E-state index in [4.69, 9.17) is 4.74 Å². The molecule has 1 aromatic heterocycles. The van der Waals surface area contributed by atoms with Crippen LogP contribution in [0.3, 0.4) is 0 Å². The van der Waals surface area contributed by atoms with Crippen molar-refractivity contribution in [3.05, 3.63) is 35.5 Å². The van der Waals surface area contributed by atoms with Crippen LogP contribution in [0.5, 0.6) is 0 Å². The summed E-state index contributed by atoms with van der Waals surface area (Å²) in [6, 6.07) is 3.77. The number of hydrogen-bond acceptors (Lipinski definition) is 5. The van der Waals surface area contributed by atoms with Crippen molar-refractivity contribution in [2.45, 2.75) is 19.1 Å². The number of hydrogen-bond donors (Lipinski definition) is 1. The molecule has 0 aliphatic heterocycles. The summed E-state index contributed by atoms with van der Waals surface area (Å²) in [6.45, 7) is 0.451. The molecule has 1 heterocycles. The number of carbonyl (C=O) groups is 3. The number of fused-ring (bicyclic) bond motifs is 1. The Bertz CT molecular complexity index is 889. The highest BCUT2D eigenvalue weighted by atomic mass is 19.4. The third-order valence-electron chi connectivity index (χ3n) is 3.97. The van der Waals surface area contributed by atoms with Gasteiger partial charge in [-0.3, -0.25) is 9.59 Å². The summed E-state index contributed by atoms with van der Waals surface area (Å²) in [7, 11) is 2.68. The van der Waals surface area contributed by atoms with Crippen LogP contribution in [0.1, 0.15) is 27.1 Å². The van der Waals surface area contributed by atoms with Crippen LogP contribution in [0.4, 0.5) is 13.2 Å². The third kappa shape index (κ3) is 4.89. The number of benzene rings is 1. The second kappa shape index (κ2) is 8.87. The first-order valence-electron chi connectivity index (χ1n) is 8.27. The largest absolute Gasteiger partial charge is 0.465 e. The highest BCUT2D eigenvalue weighted by Crippen LogP contribution is 2.29. The number of aromatic nitrogens is 1. The molecule has 0 saturated carbocycles. The third-order valence-corrected chi connectivity index (χ3v) is 3.97. The zero-order chi connectivity index (χ0) is 20.9. The Kier molecular flexibility index (Phi) is 6.79. The van der Waals surface area contributed by atoms with Gasteiger partial charge in [0.15, 0.2) is 0 Å². The molecule has 28 heavy (non-hydrogen) atoms. The summed E-state index contributed by atoms with van der Waals surface area (Å²) < 4.78 is 49.4. The van der Waals surface area contributed by atoms with Gasteiger partial charge in [-0.1, -0.05) is 6.07 Å². The number of esters is 1. The second-order valence-electron chi connectivity index (χ2n) is 5.92. The van der Waals surface area contributed by atoms with E-state index in [0.717, 1.165) is 13.3 Å². The first-order chi connectivity index (χ1) is 13.2. The lowest BCUT2D eigenvalue weighted by molar-refractivity contribution is -0.121. The molecule has 0 spiro atoms. The van der Waals surface area contributed by atoms with Gasteiger partial charge in [0.1, 0.15) is 6.54 Å². The van der Waals surface area contributed by atoms with Crippen molar-refractivity contribution in [1.29, 1.82) is 0 Å². The van der Waals surface area contributed by atoms with Gasteiger partial charge in [-0.15, -0.1) is 0 Å². The summed E-state index contributed by atoms with van der Waals surface area (Å²) in [5, 5.41) is 2.60. The van der Waals surface area contributed by atoms with Crippen LogP contribution in [0.15, 0.2) is 24.4 Å². The standard InChI is InChI=1S/C18H19F3N2O5/c1-27-7-3-6-22-15(24)10-23-9-13(16(25)18(19,20)21)12-5-4-11(8-14(12)23)17(26)28-2/h4-5,8-9H,3,6-7,10H2,1-2H3,(H,22,24). The molecule has 7 nitrogen and oxygen atoms in total. The van der Waals surface area contributed by atoms with Crippen LogP contribution in [-0.4, -0.2) is 55.8 Å². The lowest BCUT2D eigenvalue weighted by Gasteiger charge is -2.08. The summed E-state index contributed by atoms with van der Waals surface area (Å²) in [5.74, 6) is -3.17. The Morgan fingerprint density at radius 3 is 2.50 bits per heavy atom. The summed E-state index contributed by atoms with van der Waals surface area (Å²) in [5.41, 5.74) is -0.366. The molecule has 2 aromatic rings. The van der Waals surface area contributed by atoms with E-state index in [0.29, 0.717) is 19.6 Å². The fourth-order valence-electron chi connectivity index (χ4n) is 2.66. The van der Waals surface area contributed by atoms with Gasteiger partial charge < -0.3 is 19.4 Å². The van der Waals surface area contributed by atoms with Crippen molar-refractivity contribution in [3.63, 3.8) is 0 Å². The Hall–Kier alpha value is -2.88. The molecule has 0 unspecified atom stereocenters. The molecule has 1 aromatic carbocycles. The predicted octanol–water partition coefficient (Wildman–Crippen LogP) is 2.33. The topological polar surface area (TPSA) is 86.6 Å². The fraction of sp³-hybridized carbons (Fsp3) is 0.389. The Morgan fingerprint density at radius 2 is 1.89 bits per heavy atom. The molecule has 2 rings (SSSR count). The molecule has 0 saturated heterocycles. The van der Waals surface area contributed by atoms with Crippen molar-refractivity contribution < 1.29 is 37.0 Å². The molecule has 0 bridgehead atoms. The summed E-state index contributed by atoms with van der Waals surface area (Å²) in [6.07, 6.45) is -3.53. The number of halogens is 3. The fourth-order valence-corrected chi connectivity index (χ4v) is 2.66. The maximum Gasteiger partial charge on any atom is 0.454 e. The number of carbonyl (C=O) groups excluding carboxylic acids is 3. The lowest BCUT2D eigenvalue weighted by atomic mass is 10.1. The number of methoxy groups -OCH3 is 2. The van der Waals surface area contributed by atoms with E-state index in [1.54, 1.807) is 0 Å². The normalized spacial score (nSPS) is 11.5. The number of amides is 1. The second-order valence-corrected chi connectivity index (χ2v) is 5.92. The molecule has 152 valence electrons. The maximum absolute atomic E-state index is 12.9. The van der Waals surface area contributed by atoms with E-state index in [-0.39, 0.29) is 23.0 Å². The van der Waals surface area contributed by atoms with Gasteiger partial charge in [0.2, 0.25) is 5.91 Å². The maximum atomic E-state index is 12.9. The van der Waals surface area contributed by atoms with Crippen LogP contribution >= 0.6 is 0 Å². The van der Waals surface area contributed by atoms with E-state index >= 15 is 0 Å². The van der Waals surface area contributed by atoms with E-state index in [1.807, 2.05) is 0 Å². The van der Waals surface area contributed by atoms with Crippen LogP contribution < -0.4 is 5.32 Å². The summed E-state index contributed by atoms with van der Waals surface area (Å²) >= 11 is 0. The number of rotatable bonds is 8. The first-order valence-corrected chi connectivity index (χ1v) is 8.27. The Morgan fingerprint density at radius 1 is 1.18 bits per heavy atom. The predicted molar refractivity (Wildman–Crippen MR) is 93.2 cm³/mol. The lowest BCUT2D eigenvalue weighted by Crippen LogP contribution is -2.28. The smallest absolute Gasteiger partial charge is 0.454 e. The molecule has 0 aliphatic carbocycles. The highest BCUT2D eigenvalue weighted by Gasteiger charge is 2.41. The molecular weight excluding hydrogens is 381 g/mol. The van der Waals surface area contributed by atoms with Crippen molar-refractivity contribution >= 4 is 28.6 Å². The van der Waals surface area contributed by atoms with Gasteiger partial charge in [-0.2, -0.15) is 13.2 Å². The van der Waals surface area contributed by atoms with E-state index in [9.17, 15) is 27.6 Å². The van der Waals surface area contributed by atoms with Crippen molar-refractivity contribution in [2.75, 3.05) is 27.4 Å². The number of alkyl halides is 3. The molecule has 1 N–H and O–H groups in total. The molecule has 0 atom stereocenters. The van der Waals surface area contributed by atoms with E-state index in [2.05, 4.69) is 10.1 Å². The zero-order valence-corrected chi connectivity index (χ0v) is 15.3. The summed E-state index contributed by atoms with van der Waals surface area (Å²) in [4.78, 5) is 35.6. The van der Waals surface area contributed by atoms with Crippen LogP contribution in [0.2, 0.25) is 0 Å². The van der Waals surface area contributed by atoms with Gasteiger partial charge in [-0.25, -0.2) is 4.79 Å². The molecule has 10 heteroatoms. The van der Waals surface area contributed by atoms with Crippen molar-refractivity contribution in [3.8, 4) is 0 Å². The average molecular weight is 400 g/mol. The highest BCUT2D eigenvalue weighted by molar-refractivity contribution is 6.11. The number of nitrogens with one attached hydrogen (secondary N) is 1. The molecule has 0 fully saturated rings. The number of Topliss-reactive ketones (excluding diaryl/α,β-unsaturated/α-hetero) is 1. The van der Waals surface area contributed by atoms with Gasteiger partial charge in [0.25, 0.3) is 5.78 Å². The number of ether oxygens (including phenoxy) is 2. The zero-order valence-electron chi connectivity index (χ0n) is 15.3. The monoisotopic (exact) mass is 400 g/mol. The van der Waals surface area contributed by atoms with Crippen molar-refractivity contribution in [1.82, 2.24) is 9.88 Å². The van der Waals surface area contributed by atoms with E-state index < -0.39 is 29.4 Å². The number of ketones is 1. The first kappa shape index (κ1) is 21.4. The minimum atomic E-state index is -5.07.